The third-order valence-corrected chi connectivity index (χ3v) is 4.02. The topological polar surface area (TPSA) is 87.1 Å². The lowest BCUT2D eigenvalue weighted by Gasteiger charge is -2.10. The fourth-order valence-electron chi connectivity index (χ4n) is 2.87. The number of phenols is 1. The summed E-state index contributed by atoms with van der Waals surface area (Å²) in [5, 5.41) is 17.5. The van der Waals surface area contributed by atoms with Gasteiger partial charge in [-0.05, 0) is 38.5 Å². The van der Waals surface area contributed by atoms with Crippen LogP contribution >= 0.6 is 0 Å². The highest BCUT2D eigenvalue weighted by atomic mass is 16.3. The maximum absolute atomic E-state index is 12.2. The first-order chi connectivity index (χ1) is 12.5. The Morgan fingerprint density at radius 3 is 2.50 bits per heavy atom. The van der Waals surface area contributed by atoms with Crippen molar-refractivity contribution in [3.05, 3.63) is 53.9 Å². The van der Waals surface area contributed by atoms with Crippen LogP contribution in [-0.4, -0.2) is 27.5 Å². The molecule has 3 rings (SSSR count). The molecule has 2 aromatic carbocycles. The molecule has 0 spiro atoms. The minimum Gasteiger partial charge on any atom is -0.507 e. The Balaban J connectivity index is 1.54. The van der Waals surface area contributed by atoms with Crippen LogP contribution in [0.25, 0.3) is 10.8 Å². The summed E-state index contributed by atoms with van der Waals surface area (Å²) < 4.78 is 0. The number of phenolic OH excluding ortho intramolecular Hbond substituents is 1. The van der Waals surface area contributed by atoms with Gasteiger partial charge < -0.3 is 15.7 Å². The maximum Gasteiger partial charge on any atom is 0.224 e. The molecule has 1 aromatic heterocycles. The molecule has 3 N–H and O–H groups in total. The molecule has 0 radical (unpaired) electrons. The summed E-state index contributed by atoms with van der Waals surface area (Å²) in [4.78, 5) is 20.9. The van der Waals surface area contributed by atoms with E-state index < -0.39 is 0 Å². The van der Waals surface area contributed by atoms with E-state index in [1.807, 2.05) is 44.2 Å². The normalized spacial score (nSPS) is 10.7. The van der Waals surface area contributed by atoms with E-state index in [0.717, 1.165) is 22.2 Å². The van der Waals surface area contributed by atoms with Gasteiger partial charge in [0, 0.05) is 40.8 Å². The lowest BCUT2D eigenvalue weighted by atomic mass is 10.1. The Kier molecular flexibility index (Phi) is 5.31. The van der Waals surface area contributed by atoms with E-state index in [1.54, 1.807) is 12.1 Å². The summed E-state index contributed by atoms with van der Waals surface area (Å²) in [5.74, 6) is 0.729. The standard InChI is InChI=1S/C20H22N4O2/c1-13-12-14(2)23-20(22-13)21-11-5-10-19(26)24-17-8-3-7-16-15(17)6-4-9-18(16)25/h3-4,6-9,12,25H,5,10-11H2,1-2H3,(H,24,26)(H,21,22,23). The Morgan fingerprint density at radius 2 is 1.73 bits per heavy atom. The number of aryl methyl sites for hydroxylation is 2. The summed E-state index contributed by atoms with van der Waals surface area (Å²) in [6, 6.07) is 12.7. The number of nitrogens with one attached hydrogen (secondary N) is 2. The number of aromatic nitrogens is 2. The number of fused-ring (bicyclic) bond motifs is 1. The molecule has 6 nitrogen and oxygen atoms in total. The monoisotopic (exact) mass is 350 g/mol. The second-order valence-electron chi connectivity index (χ2n) is 6.23. The molecule has 0 aliphatic carbocycles. The Hall–Kier alpha value is -3.15. The number of benzene rings is 2. The highest BCUT2D eigenvalue weighted by Crippen LogP contribution is 2.29. The van der Waals surface area contributed by atoms with E-state index >= 15 is 0 Å². The number of hydrogen-bond donors (Lipinski definition) is 3. The Bertz CT molecular complexity index is 920. The van der Waals surface area contributed by atoms with Gasteiger partial charge in [-0.25, -0.2) is 9.97 Å². The first-order valence-corrected chi connectivity index (χ1v) is 8.59. The van der Waals surface area contributed by atoms with E-state index in [1.165, 1.54) is 0 Å². The molecule has 0 saturated heterocycles. The second-order valence-corrected chi connectivity index (χ2v) is 6.23. The number of amides is 1. The van der Waals surface area contributed by atoms with Gasteiger partial charge in [0.05, 0.1) is 0 Å². The first kappa shape index (κ1) is 17.7. The van der Waals surface area contributed by atoms with Gasteiger partial charge in [0.25, 0.3) is 0 Å². The minimum atomic E-state index is -0.0658. The Labute approximate surface area is 152 Å². The molecule has 6 heteroatoms. The molecule has 0 atom stereocenters. The fraction of sp³-hybridized carbons (Fsp3) is 0.250. The highest BCUT2D eigenvalue weighted by Gasteiger charge is 2.08. The molecule has 0 aliphatic heterocycles. The van der Waals surface area contributed by atoms with Crippen LogP contribution in [-0.2, 0) is 4.79 Å². The molecule has 1 heterocycles. The van der Waals surface area contributed by atoms with Crippen molar-refractivity contribution in [3.8, 4) is 5.75 Å². The number of anilines is 2. The van der Waals surface area contributed by atoms with Crippen LogP contribution in [0.4, 0.5) is 11.6 Å². The van der Waals surface area contributed by atoms with E-state index in [4.69, 9.17) is 0 Å². The van der Waals surface area contributed by atoms with Gasteiger partial charge in [0.2, 0.25) is 11.9 Å². The van der Waals surface area contributed by atoms with Crippen molar-refractivity contribution in [2.24, 2.45) is 0 Å². The average molecular weight is 350 g/mol. The van der Waals surface area contributed by atoms with Crippen molar-refractivity contribution >= 4 is 28.3 Å². The fourth-order valence-corrected chi connectivity index (χ4v) is 2.87. The number of carbonyl (C=O) groups excluding carboxylic acids is 1. The number of aromatic hydroxyl groups is 1. The van der Waals surface area contributed by atoms with Crippen molar-refractivity contribution in [1.82, 2.24) is 9.97 Å². The number of rotatable bonds is 6. The molecule has 0 unspecified atom stereocenters. The molecule has 3 aromatic rings. The molecular formula is C20H22N4O2. The molecule has 1 amide bonds. The molecule has 0 bridgehead atoms. The van der Waals surface area contributed by atoms with Crippen molar-refractivity contribution in [2.45, 2.75) is 26.7 Å². The van der Waals surface area contributed by atoms with Crippen LogP contribution in [0.15, 0.2) is 42.5 Å². The van der Waals surface area contributed by atoms with E-state index in [2.05, 4.69) is 20.6 Å². The SMILES string of the molecule is Cc1cc(C)nc(NCCCC(=O)Nc2cccc3c(O)cccc23)n1. The molecule has 134 valence electrons. The summed E-state index contributed by atoms with van der Waals surface area (Å²) >= 11 is 0. The van der Waals surface area contributed by atoms with Gasteiger partial charge in [0.15, 0.2) is 0 Å². The summed E-state index contributed by atoms with van der Waals surface area (Å²) in [7, 11) is 0. The molecule has 0 saturated carbocycles. The number of nitrogens with zero attached hydrogens (tertiary/aromatic N) is 2. The van der Waals surface area contributed by atoms with Gasteiger partial charge in [-0.3, -0.25) is 4.79 Å². The summed E-state index contributed by atoms with van der Waals surface area (Å²) in [6.07, 6.45) is 1.05. The number of hydrogen-bond acceptors (Lipinski definition) is 5. The van der Waals surface area contributed by atoms with Crippen LogP contribution in [0.5, 0.6) is 5.75 Å². The lowest BCUT2D eigenvalue weighted by molar-refractivity contribution is -0.116. The largest absolute Gasteiger partial charge is 0.507 e. The van der Waals surface area contributed by atoms with Gasteiger partial charge in [-0.15, -0.1) is 0 Å². The van der Waals surface area contributed by atoms with Gasteiger partial charge in [-0.2, -0.15) is 0 Å². The van der Waals surface area contributed by atoms with E-state index in [9.17, 15) is 9.90 Å². The van der Waals surface area contributed by atoms with Gasteiger partial charge >= 0.3 is 0 Å². The van der Waals surface area contributed by atoms with Crippen molar-refractivity contribution in [2.75, 3.05) is 17.2 Å². The molecule has 0 aliphatic rings. The third kappa shape index (κ3) is 4.27. The van der Waals surface area contributed by atoms with Crippen LogP contribution in [0, 0.1) is 13.8 Å². The van der Waals surface area contributed by atoms with E-state index in [0.29, 0.717) is 31.0 Å². The van der Waals surface area contributed by atoms with Gasteiger partial charge in [0.1, 0.15) is 5.75 Å². The quantitative estimate of drug-likeness (QED) is 0.589. The Morgan fingerprint density at radius 1 is 1.04 bits per heavy atom. The summed E-state index contributed by atoms with van der Waals surface area (Å²) in [6.45, 7) is 4.47. The first-order valence-electron chi connectivity index (χ1n) is 8.59. The van der Waals surface area contributed by atoms with E-state index in [-0.39, 0.29) is 11.7 Å². The van der Waals surface area contributed by atoms with Crippen LogP contribution < -0.4 is 10.6 Å². The molecule has 26 heavy (non-hydrogen) atoms. The maximum atomic E-state index is 12.2. The third-order valence-electron chi connectivity index (χ3n) is 4.02. The van der Waals surface area contributed by atoms with Crippen LogP contribution in [0.1, 0.15) is 24.2 Å². The minimum absolute atomic E-state index is 0.0658. The summed E-state index contributed by atoms with van der Waals surface area (Å²) in [5.41, 5.74) is 2.53. The highest BCUT2D eigenvalue weighted by molar-refractivity contribution is 6.03. The predicted molar refractivity (Wildman–Crippen MR) is 103 cm³/mol. The smallest absolute Gasteiger partial charge is 0.224 e. The second kappa shape index (κ2) is 7.82. The zero-order valence-corrected chi connectivity index (χ0v) is 14.9. The zero-order chi connectivity index (χ0) is 18.5. The average Bonchev–Trinajstić information content (AvgIpc) is 2.59. The van der Waals surface area contributed by atoms with Crippen molar-refractivity contribution < 1.29 is 9.90 Å². The molecule has 0 fully saturated rings. The van der Waals surface area contributed by atoms with Crippen LogP contribution in [0.2, 0.25) is 0 Å². The number of carbonyl (C=O) groups is 1. The van der Waals surface area contributed by atoms with Crippen LogP contribution in [0.3, 0.4) is 0 Å². The lowest BCUT2D eigenvalue weighted by Crippen LogP contribution is -2.14. The van der Waals surface area contributed by atoms with Crippen molar-refractivity contribution in [1.29, 1.82) is 0 Å². The predicted octanol–water partition coefficient (Wildman–Crippen LogP) is 3.78. The van der Waals surface area contributed by atoms with Gasteiger partial charge in [-0.1, -0.05) is 24.3 Å². The zero-order valence-electron chi connectivity index (χ0n) is 14.9. The molecular weight excluding hydrogens is 328 g/mol. The van der Waals surface area contributed by atoms with Crippen molar-refractivity contribution in [3.63, 3.8) is 0 Å².